The molecular weight excluding hydrogens is 382 g/mol. The Morgan fingerprint density at radius 3 is 2.27 bits per heavy atom. The Hall–Kier alpha value is -2.57. The van der Waals surface area contributed by atoms with Crippen LogP contribution >= 0.6 is 0 Å². The van der Waals surface area contributed by atoms with Gasteiger partial charge < -0.3 is 19.4 Å². The second-order valence-corrected chi connectivity index (χ2v) is 8.53. The molecule has 7 heteroatoms. The fourth-order valence-corrected chi connectivity index (χ4v) is 4.34. The summed E-state index contributed by atoms with van der Waals surface area (Å²) < 4.78 is 6.08. The predicted molar refractivity (Wildman–Crippen MR) is 112 cm³/mol. The highest BCUT2D eigenvalue weighted by Crippen LogP contribution is 2.32. The molecule has 1 aliphatic carbocycles. The topological polar surface area (TPSA) is 70.2 Å². The molecule has 7 nitrogen and oxygen atoms in total. The second-order valence-electron chi connectivity index (χ2n) is 8.53. The van der Waals surface area contributed by atoms with Crippen molar-refractivity contribution in [2.24, 2.45) is 5.92 Å². The van der Waals surface area contributed by atoms with Crippen LogP contribution in [0, 0.1) is 5.92 Å². The van der Waals surface area contributed by atoms with E-state index in [-0.39, 0.29) is 23.8 Å². The standard InChI is InChI=1S/C23H31N3O4/c1-3-24-14-15-26(16(2)21(24)27)23(29)18-6-8-19(9-7-18)30-20-10-12-25(13-11-20)22(28)17-4-5-17/h6-9,16-17,20H,3-5,10-15H2,1-2H3/t16-/m1/s1. The summed E-state index contributed by atoms with van der Waals surface area (Å²) in [5.41, 5.74) is 0.566. The van der Waals surface area contributed by atoms with Gasteiger partial charge in [-0.1, -0.05) is 0 Å². The lowest BCUT2D eigenvalue weighted by molar-refractivity contribution is -0.139. The molecule has 2 aliphatic heterocycles. The molecule has 1 atom stereocenters. The van der Waals surface area contributed by atoms with Gasteiger partial charge in [0.1, 0.15) is 17.9 Å². The number of hydrogen-bond donors (Lipinski definition) is 0. The monoisotopic (exact) mass is 413 g/mol. The molecule has 0 spiro atoms. The Balaban J connectivity index is 1.30. The van der Waals surface area contributed by atoms with E-state index in [0.717, 1.165) is 44.5 Å². The lowest BCUT2D eigenvalue weighted by atomic mass is 10.1. The molecule has 0 radical (unpaired) electrons. The van der Waals surface area contributed by atoms with Gasteiger partial charge in [-0.15, -0.1) is 0 Å². The maximum Gasteiger partial charge on any atom is 0.254 e. The van der Waals surface area contributed by atoms with Gasteiger partial charge in [0.25, 0.3) is 5.91 Å². The maximum atomic E-state index is 12.9. The van der Waals surface area contributed by atoms with E-state index in [0.29, 0.717) is 31.1 Å². The van der Waals surface area contributed by atoms with Crippen molar-refractivity contribution < 1.29 is 19.1 Å². The van der Waals surface area contributed by atoms with Crippen LogP contribution < -0.4 is 4.74 Å². The van der Waals surface area contributed by atoms with Crippen LogP contribution in [0.1, 0.15) is 49.9 Å². The van der Waals surface area contributed by atoms with Crippen LogP contribution in [0.15, 0.2) is 24.3 Å². The number of carbonyl (C=O) groups excluding carboxylic acids is 3. The Morgan fingerprint density at radius 2 is 1.67 bits per heavy atom. The summed E-state index contributed by atoms with van der Waals surface area (Å²) in [5.74, 6) is 1.20. The lowest BCUT2D eigenvalue weighted by Crippen LogP contribution is -2.57. The Labute approximate surface area is 177 Å². The first-order valence-electron chi connectivity index (χ1n) is 11.1. The molecule has 3 fully saturated rings. The molecule has 0 N–H and O–H groups in total. The maximum absolute atomic E-state index is 12.9. The average Bonchev–Trinajstić information content (AvgIpc) is 3.61. The summed E-state index contributed by atoms with van der Waals surface area (Å²) in [6.45, 7) is 7.06. The predicted octanol–water partition coefficient (Wildman–Crippen LogP) is 2.16. The first-order valence-corrected chi connectivity index (χ1v) is 11.1. The number of ether oxygens (including phenoxy) is 1. The molecule has 3 amide bonds. The minimum absolute atomic E-state index is 0.00330. The van der Waals surface area contributed by atoms with Gasteiger partial charge in [0.15, 0.2) is 0 Å². The molecule has 0 aromatic heterocycles. The van der Waals surface area contributed by atoms with E-state index < -0.39 is 6.04 Å². The SMILES string of the molecule is CCN1CCN(C(=O)c2ccc(OC3CCN(C(=O)C4CC4)CC3)cc2)[C@H](C)C1=O. The summed E-state index contributed by atoms with van der Waals surface area (Å²) in [4.78, 5) is 42.8. The summed E-state index contributed by atoms with van der Waals surface area (Å²) in [5, 5.41) is 0. The molecule has 2 heterocycles. The molecule has 1 aromatic carbocycles. The summed E-state index contributed by atoms with van der Waals surface area (Å²) in [7, 11) is 0. The highest BCUT2D eigenvalue weighted by molar-refractivity contribution is 5.98. The molecule has 2 saturated heterocycles. The molecule has 0 bridgehead atoms. The third-order valence-corrected chi connectivity index (χ3v) is 6.47. The average molecular weight is 414 g/mol. The Kier molecular flexibility index (Phi) is 5.97. The van der Waals surface area contributed by atoms with Gasteiger partial charge in [-0.3, -0.25) is 14.4 Å². The minimum Gasteiger partial charge on any atom is -0.490 e. The number of piperazine rings is 1. The molecule has 4 rings (SSSR count). The van der Waals surface area contributed by atoms with Crippen LogP contribution in [0.3, 0.4) is 0 Å². The third-order valence-electron chi connectivity index (χ3n) is 6.47. The van der Waals surface area contributed by atoms with Gasteiger partial charge in [-0.2, -0.15) is 0 Å². The molecule has 1 aromatic rings. The number of nitrogens with zero attached hydrogens (tertiary/aromatic N) is 3. The number of hydrogen-bond acceptors (Lipinski definition) is 4. The van der Waals surface area contributed by atoms with Crippen molar-refractivity contribution in [1.82, 2.24) is 14.7 Å². The van der Waals surface area contributed by atoms with Gasteiger partial charge in [-0.05, 0) is 51.0 Å². The molecule has 162 valence electrons. The van der Waals surface area contributed by atoms with Crippen LogP contribution in [0.5, 0.6) is 5.75 Å². The van der Waals surface area contributed by atoms with Crippen molar-refractivity contribution in [1.29, 1.82) is 0 Å². The van der Waals surface area contributed by atoms with E-state index in [2.05, 4.69) is 0 Å². The van der Waals surface area contributed by atoms with E-state index in [1.54, 1.807) is 28.9 Å². The van der Waals surface area contributed by atoms with Crippen molar-refractivity contribution in [3.63, 3.8) is 0 Å². The van der Waals surface area contributed by atoms with Gasteiger partial charge >= 0.3 is 0 Å². The molecule has 1 saturated carbocycles. The number of rotatable bonds is 5. The van der Waals surface area contributed by atoms with Crippen LogP contribution in [0.4, 0.5) is 0 Å². The largest absolute Gasteiger partial charge is 0.490 e. The first kappa shape index (κ1) is 20.7. The molecule has 3 aliphatic rings. The van der Waals surface area contributed by atoms with Crippen molar-refractivity contribution >= 4 is 17.7 Å². The summed E-state index contributed by atoms with van der Waals surface area (Å²) >= 11 is 0. The van der Waals surface area contributed by atoms with Crippen molar-refractivity contribution in [2.45, 2.75) is 51.7 Å². The number of likely N-dealkylation sites (N-methyl/N-ethyl adjacent to an activating group) is 1. The summed E-state index contributed by atoms with van der Waals surface area (Å²) in [6, 6.07) is 6.75. The number of likely N-dealkylation sites (tertiary alicyclic amines) is 1. The first-order chi connectivity index (χ1) is 14.5. The van der Waals surface area contributed by atoms with Crippen LogP contribution in [0.2, 0.25) is 0 Å². The van der Waals surface area contributed by atoms with Crippen molar-refractivity contribution in [3.05, 3.63) is 29.8 Å². The summed E-state index contributed by atoms with van der Waals surface area (Å²) in [6.07, 6.45) is 3.85. The highest BCUT2D eigenvalue weighted by Gasteiger charge is 2.36. The Morgan fingerprint density at radius 1 is 1.00 bits per heavy atom. The molecular formula is C23H31N3O4. The normalized spacial score (nSPS) is 22.9. The van der Waals surface area contributed by atoms with Gasteiger partial charge in [-0.25, -0.2) is 0 Å². The van der Waals surface area contributed by atoms with Gasteiger partial charge in [0.05, 0.1) is 0 Å². The van der Waals surface area contributed by atoms with E-state index in [9.17, 15) is 14.4 Å². The van der Waals surface area contributed by atoms with Gasteiger partial charge in [0.2, 0.25) is 11.8 Å². The zero-order valence-corrected chi connectivity index (χ0v) is 17.9. The number of carbonyl (C=O) groups is 3. The van der Waals surface area contributed by atoms with Crippen LogP contribution in [-0.4, -0.2) is 77.3 Å². The van der Waals surface area contributed by atoms with E-state index in [1.807, 2.05) is 24.0 Å². The molecule has 30 heavy (non-hydrogen) atoms. The lowest BCUT2D eigenvalue weighted by Gasteiger charge is -2.38. The quantitative estimate of drug-likeness (QED) is 0.742. The third kappa shape index (κ3) is 4.30. The van der Waals surface area contributed by atoms with Gasteiger partial charge in [0, 0.05) is 57.0 Å². The Bertz CT molecular complexity index is 797. The number of benzene rings is 1. The van der Waals surface area contributed by atoms with E-state index >= 15 is 0 Å². The van der Waals surface area contributed by atoms with Crippen molar-refractivity contribution in [3.8, 4) is 5.75 Å². The fraction of sp³-hybridized carbons (Fsp3) is 0.609. The minimum atomic E-state index is -0.439. The zero-order chi connectivity index (χ0) is 21.3. The van der Waals surface area contributed by atoms with E-state index in [1.165, 1.54) is 0 Å². The van der Waals surface area contributed by atoms with Crippen LogP contribution in [0.25, 0.3) is 0 Å². The number of amides is 3. The zero-order valence-electron chi connectivity index (χ0n) is 17.9. The second kappa shape index (κ2) is 8.66. The number of piperidine rings is 1. The fourth-order valence-electron chi connectivity index (χ4n) is 4.34. The van der Waals surface area contributed by atoms with E-state index in [4.69, 9.17) is 4.74 Å². The highest BCUT2D eigenvalue weighted by atomic mass is 16.5. The smallest absolute Gasteiger partial charge is 0.254 e. The molecule has 0 unspecified atom stereocenters. The van der Waals surface area contributed by atoms with Crippen molar-refractivity contribution in [2.75, 3.05) is 32.7 Å². The van der Waals surface area contributed by atoms with Crippen LogP contribution in [-0.2, 0) is 9.59 Å².